The lowest BCUT2D eigenvalue weighted by Gasteiger charge is -2.16. The van der Waals surface area contributed by atoms with Gasteiger partial charge in [0.2, 0.25) is 5.91 Å². The highest BCUT2D eigenvalue weighted by atomic mass is 32.2. The normalized spacial score (nSPS) is 12.9. The first-order valence-corrected chi connectivity index (χ1v) is 15.1. The average molecular weight is 596 g/mol. The van der Waals surface area contributed by atoms with Crippen LogP contribution in [-0.4, -0.2) is 38.5 Å². The van der Waals surface area contributed by atoms with Gasteiger partial charge >= 0.3 is 0 Å². The summed E-state index contributed by atoms with van der Waals surface area (Å²) in [5, 5.41) is 6.15. The molecule has 1 heterocycles. The third kappa shape index (κ3) is 6.21. The van der Waals surface area contributed by atoms with E-state index in [4.69, 9.17) is 9.47 Å². The van der Waals surface area contributed by atoms with Crippen molar-refractivity contribution in [2.24, 2.45) is 5.92 Å². The number of ether oxygens (including phenoxy) is 2. The Balaban J connectivity index is 1.35. The highest BCUT2D eigenvalue weighted by Crippen LogP contribution is 2.35. The van der Waals surface area contributed by atoms with Gasteiger partial charge in [-0.15, -0.1) is 0 Å². The van der Waals surface area contributed by atoms with Gasteiger partial charge in [-0.1, -0.05) is 42.5 Å². The Morgan fingerprint density at radius 2 is 1.44 bits per heavy atom. The number of amides is 1. The zero-order chi connectivity index (χ0) is 30.0. The SMILES string of the molecule is COc1cc(Nc2nc3ccccc3nc2NS(=O)(=O)c2cccc(-c3ccccc3NC(=O)C3CC3)c2)cc(OC)c1. The van der Waals surface area contributed by atoms with Gasteiger partial charge in [0, 0.05) is 41.1 Å². The van der Waals surface area contributed by atoms with Gasteiger partial charge in [-0.3, -0.25) is 9.52 Å². The fourth-order valence-corrected chi connectivity index (χ4v) is 5.67. The van der Waals surface area contributed by atoms with E-state index in [1.807, 2.05) is 30.3 Å². The number of rotatable bonds is 10. The fraction of sp³-hybridized carbons (Fsp3) is 0.156. The number of para-hydroxylation sites is 3. The second kappa shape index (κ2) is 11.6. The van der Waals surface area contributed by atoms with Gasteiger partial charge in [0.15, 0.2) is 11.6 Å². The van der Waals surface area contributed by atoms with Crippen molar-refractivity contribution >= 4 is 50.0 Å². The van der Waals surface area contributed by atoms with E-state index in [1.54, 1.807) is 68.8 Å². The lowest BCUT2D eigenvalue weighted by atomic mass is 10.0. The molecule has 5 aromatic rings. The topological polar surface area (TPSA) is 132 Å². The molecule has 0 saturated heterocycles. The zero-order valence-corrected chi connectivity index (χ0v) is 24.3. The summed E-state index contributed by atoms with van der Waals surface area (Å²) in [6.45, 7) is 0. The summed E-state index contributed by atoms with van der Waals surface area (Å²) < 4.78 is 40.9. The minimum Gasteiger partial charge on any atom is -0.497 e. The van der Waals surface area contributed by atoms with Crippen molar-refractivity contribution in [2.45, 2.75) is 17.7 Å². The van der Waals surface area contributed by atoms with Gasteiger partial charge in [0.05, 0.1) is 30.1 Å². The number of aromatic nitrogens is 2. The summed E-state index contributed by atoms with van der Waals surface area (Å²) >= 11 is 0. The van der Waals surface area contributed by atoms with Crippen LogP contribution in [-0.2, 0) is 14.8 Å². The molecule has 1 saturated carbocycles. The number of benzene rings is 4. The molecule has 218 valence electrons. The molecule has 3 N–H and O–H groups in total. The maximum absolute atomic E-state index is 13.8. The standard InChI is InChI=1S/C32H29N5O5S/c1-41-23-17-22(18-24(19-23)42-2)33-30-31(35-29-13-6-5-12-28(29)34-30)37-43(39,40)25-9-7-8-21(16-25)26-10-3-4-11-27(26)36-32(38)20-14-15-20/h3-13,16-20H,14-15H2,1-2H3,(H,33,34)(H,35,37)(H,36,38). The molecule has 1 aromatic heterocycles. The molecule has 0 aliphatic heterocycles. The highest BCUT2D eigenvalue weighted by molar-refractivity contribution is 7.92. The molecular formula is C32H29N5O5S. The predicted octanol–water partition coefficient (Wildman–Crippen LogP) is 6.21. The van der Waals surface area contributed by atoms with Crippen molar-refractivity contribution in [3.05, 3.63) is 91.0 Å². The Kier molecular flexibility index (Phi) is 7.56. The van der Waals surface area contributed by atoms with Crippen molar-refractivity contribution in [1.82, 2.24) is 9.97 Å². The van der Waals surface area contributed by atoms with Crippen LogP contribution in [0.5, 0.6) is 11.5 Å². The fourth-order valence-electron chi connectivity index (χ4n) is 4.62. The summed E-state index contributed by atoms with van der Waals surface area (Å²) in [4.78, 5) is 21.7. The third-order valence-electron chi connectivity index (χ3n) is 7.00. The van der Waals surface area contributed by atoms with Crippen LogP contribution in [0.4, 0.5) is 23.0 Å². The summed E-state index contributed by atoms with van der Waals surface area (Å²) in [6.07, 6.45) is 1.76. The average Bonchev–Trinajstić information content (AvgIpc) is 3.87. The molecule has 0 spiro atoms. The minimum atomic E-state index is -4.12. The second-order valence-corrected chi connectivity index (χ2v) is 11.8. The van der Waals surface area contributed by atoms with Crippen molar-refractivity contribution in [2.75, 3.05) is 29.6 Å². The van der Waals surface area contributed by atoms with Crippen LogP contribution < -0.4 is 24.8 Å². The number of hydrogen-bond donors (Lipinski definition) is 3. The first-order valence-electron chi connectivity index (χ1n) is 13.6. The molecule has 11 heteroatoms. The Bertz CT molecular complexity index is 1920. The molecule has 1 fully saturated rings. The first-order chi connectivity index (χ1) is 20.8. The number of nitrogens with zero attached hydrogens (tertiary/aromatic N) is 2. The van der Waals surface area contributed by atoms with Crippen molar-refractivity contribution < 1.29 is 22.7 Å². The summed E-state index contributed by atoms with van der Waals surface area (Å²) in [5.74, 6) is 1.31. The summed E-state index contributed by atoms with van der Waals surface area (Å²) in [7, 11) is -1.04. The van der Waals surface area contributed by atoms with Crippen LogP contribution in [0.15, 0.2) is 95.9 Å². The molecule has 6 rings (SSSR count). The van der Waals surface area contributed by atoms with Crippen LogP contribution in [0.3, 0.4) is 0 Å². The molecule has 1 aliphatic carbocycles. The molecule has 0 bridgehead atoms. The van der Waals surface area contributed by atoms with Gasteiger partial charge in [-0.25, -0.2) is 18.4 Å². The van der Waals surface area contributed by atoms with Gasteiger partial charge in [0.1, 0.15) is 11.5 Å². The number of fused-ring (bicyclic) bond motifs is 1. The van der Waals surface area contributed by atoms with Crippen molar-refractivity contribution in [3.63, 3.8) is 0 Å². The number of sulfonamides is 1. The summed E-state index contributed by atoms with van der Waals surface area (Å²) in [6, 6.07) is 26.3. The lowest BCUT2D eigenvalue weighted by Crippen LogP contribution is -2.16. The molecule has 0 radical (unpaired) electrons. The molecule has 1 aliphatic rings. The molecular weight excluding hydrogens is 566 g/mol. The Labute approximate surface area is 249 Å². The number of carbonyl (C=O) groups is 1. The number of hydrogen-bond acceptors (Lipinski definition) is 8. The predicted molar refractivity (Wildman–Crippen MR) is 166 cm³/mol. The minimum absolute atomic E-state index is 0.0167. The molecule has 1 amide bonds. The molecule has 10 nitrogen and oxygen atoms in total. The van der Waals surface area contributed by atoms with E-state index in [1.165, 1.54) is 6.07 Å². The zero-order valence-electron chi connectivity index (χ0n) is 23.5. The highest BCUT2D eigenvalue weighted by Gasteiger charge is 2.30. The van der Waals surface area contributed by atoms with Crippen LogP contribution in [0.1, 0.15) is 12.8 Å². The summed E-state index contributed by atoms with van der Waals surface area (Å²) in [5.41, 5.74) is 3.64. The second-order valence-electron chi connectivity index (χ2n) is 10.1. The van der Waals surface area contributed by atoms with Crippen LogP contribution in [0, 0.1) is 5.92 Å². The van der Waals surface area contributed by atoms with Crippen molar-refractivity contribution in [3.8, 4) is 22.6 Å². The van der Waals surface area contributed by atoms with Crippen molar-refractivity contribution in [1.29, 1.82) is 0 Å². The van der Waals surface area contributed by atoms with E-state index in [2.05, 4.69) is 25.3 Å². The van der Waals surface area contributed by atoms with Gasteiger partial charge in [-0.05, 0) is 48.7 Å². The number of nitrogens with one attached hydrogen (secondary N) is 3. The third-order valence-corrected chi connectivity index (χ3v) is 8.34. The molecule has 43 heavy (non-hydrogen) atoms. The van der Waals surface area contributed by atoms with Gasteiger partial charge in [0.25, 0.3) is 10.0 Å². The lowest BCUT2D eigenvalue weighted by molar-refractivity contribution is -0.117. The van der Waals surface area contributed by atoms with E-state index in [0.29, 0.717) is 45.0 Å². The Morgan fingerprint density at radius 3 is 2.12 bits per heavy atom. The Hall–Kier alpha value is -5.16. The Morgan fingerprint density at radius 1 is 0.791 bits per heavy atom. The van der Waals surface area contributed by atoms with Crippen LogP contribution in [0.25, 0.3) is 22.2 Å². The van der Waals surface area contributed by atoms with Crippen LogP contribution >= 0.6 is 0 Å². The smallest absolute Gasteiger partial charge is 0.263 e. The molecule has 0 unspecified atom stereocenters. The van der Waals surface area contributed by atoms with Crippen LogP contribution in [0.2, 0.25) is 0 Å². The molecule has 0 atom stereocenters. The maximum atomic E-state index is 13.8. The van der Waals surface area contributed by atoms with E-state index in [-0.39, 0.29) is 28.4 Å². The van der Waals surface area contributed by atoms with Gasteiger partial charge < -0.3 is 20.1 Å². The van der Waals surface area contributed by atoms with E-state index in [9.17, 15) is 13.2 Å². The number of methoxy groups -OCH3 is 2. The van der Waals surface area contributed by atoms with E-state index in [0.717, 1.165) is 12.8 Å². The molecule has 4 aromatic carbocycles. The first kappa shape index (κ1) is 28.0. The van der Waals surface area contributed by atoms with Gasteiger partial charge in [-0.2, -0.15) is 0 Å². The monoisotopic (exact) mass is 595 g/mol. The largest absolute Gasteiger partial charge is 0.497 e. The quantitative estimate of drug-likeness (QED) is 0.174. The number of carbonyl (C=O) groups excluding carboxylic acids is 1. The van der Waals surface area contributed by atoms with E-state index >= 15 is 0 Å². The maximum Gasteiger partial charge on any atom is 0.263 e. The number of anilines is 4. The van der Waals surface area contributed by atoms with E-state index < -0.39 is 10.0 Å².